The maximum atomic E-state index is 13.8. The zero-order valence-corrected chi connectivity index (χ0v) is 16.8. The van der Waals surface area contributed by atoms with E-state index in [1.807, 2.05) is 12.1 Å². The third-order valence-electron chi connectivity index (χ3n) is 4.44. The molecule has 1 amide bonds. The molecule has 0 aliphatic heterocycles. The molecule has 0 saturated heterocycles. The van der Waals surface area contributed by atoms with E-state index >= 15 is 0 Å². The van der Waals surface area contributed by atoms with E-state index in [2.05, 4.69) is 10.5 Å². The molecule has 0 aliphatic rings. The SMILES string of the molecule is COc1cc(/C=N\NC(=O)[C@@H](C#N)c2ccccc2)ccc1OCc1ccccc1F. The van der Waals surface area contributed by atoms with Crippen LogP contribution in [0.5, 0.6) is 11.5 Å². The molecule has 0 aromatic heterocycles. The number of hydrazone groups is 1. The van der Waals surface area contributed by atoms with Gasteiger partial charge < -0.3 is 9.47 Å². The standard InChI is InChI=1S/C24H20FN3O3/c1-30-23-13-17(11-12-22(23)31-16-19-9-5-6-10-21(19)25)15-27-28-24(29)20(14-26)18-7-3-2-4-8-18/h2-13,15,20H,16H2,1H3,(H,28,29)/b27-15-/t20-/m0/s1. The fourth-order valence-electron chi connectivity index (χ4n) is 2.82. The lowest BCUT2D eigenvalue weighted by Gasteiger charge is -2.12. The molecular weight excluding hydrogens is 397 g/mol. The minimum Gasteiger partial charge on any atom is -0.493 e. The summed E-state index contributed by atoms with van der Waals surface area (Å²) in [5.74, 6) is -0.942. The Balaban J connectivity index is 1.64. The molecule has 1 N–H and O–H groups in total. The first-order valence-electron chi connectivity index (χ1n) is 9.44. The minimum absolute atomic E-state index is 0.0571. The maximum Gasteiger partial charge on any atom is 0.261 e. The summed E-state index contributed by atoms with van der Waals surface area (Å²) in [6.45, 7) is 0.0571. The van der Waals surface area contributed by atoms with E-state index in [-0.39, 0.29) is 12.4 Å². The number of amides is 1. The van der Waals surface area contributed by atoms with Crippen LogP contribution in [0, 0.1) is 17.1 Å². The Labute approximate surface area is 179 Å². The van der Waals surface area contributed by atoms with Crippen LogP contribution >= 0.6 is 0 Å². The third-order valence-corrected chi connectivity index (χ3v) is 4.44. The highest BCUT2D eigenvalue weighted by atomic mass is 19.1. The molecule has 6 nitrogen and oxygen atoms in total. The molecule has 31 heavy (non-hydrogen) atoms. The van der Waals surface area contributed by atoms with Gasteiger partial charge >= 0.3 is 0 Å². The van der Waals surface area contributed by atoms with Gasteiger partial charge in [0.25, 0.3) is 5.91 Å². The van der Waals surface area contributed by atoms with Gasteiger partial charge in [-0.3, -0.25) is 4.79 Å². The van der Waals surface area contributed by atoms with Gasteiger partial charge in [-0.2, -0.15) is 10.4 Å². The molecule has 0 radical (unpaired) electrons. The Morgan fingerprint density at radius 3 is 2.58 bits per heavy atom. The zero-order valence-electron chi connectivity index (χ0n) is 16.8. The lowest BCUT2D eigenvalue weighted by atomic mass is 10.0. The van der Waals surface area contributed by atoms with Crippen molar-refractivity contribution in [2.45, 2.75) is 12.5 Å². The molecule has 0 saturated carbocycles. The Kier molecular flexibility index (Phi) is 7.33. The number of rotatable bonds is 8. The Morgan fingerprint density at radius 1 is 1.13 bits per heavy atom. The van der Waals surface area contributed by atoms with E-state index in [0.717, 1.165) is 0 Å². The smallest absolute Gasteiger partial charge is 0.261 e. The van der Waals surface area contributed by atoms with E-state index in [1.165, 1.54) is 19.4 Å². The first-order chi connectivity index (χ1) is 15.1. The molecule has 0 bridgehead atoms. The van der Waals surface area contributed by atoms with Gasteiger partial charge in [-0.15, -0.1) is 0 Å². The quantitative estimate of drug-likeness (QED) is 0.440. The van der Waals surface area contributed by atoms with E-state index < -0.39 is 11.8 Å². The summed E-state index contributed by atoms with van der Waals surface area (Å²) >= 11 is 0. The molecule has 0 aliphatic carbocycles. The van der Waals surface area contributed by atoms with Crippen LogP contribution in [0.25, 0.3) is 0 Å². The Bertz CT molecular complexity index is 1110. The molecule has 3 aromatic carbocycles. The number of methoxy groups -OCH3 is 1. The van der Waals surface area contributed by atoms with Crippen LogP contribution in [-0.2, 0) is 11.4 Å². The third kappa shape index (κ3) is 5.67. The number of benzene rings is 3. The predicted octanol–water partition coefficient (Wildman–Crippen LogP) is 4.17. The molecule has 0 unspecified atom stereocenters. The highest BCUT2D eigenvalue weighted by Crippen LogP contribution is 2.28. The monoisotopic (exact) mass is 417 g/mol. The van der Waals surface area contributed by atoms with Gasteiger partial charge in [0.15, 0.2) is 17.4 Å². The average molecular weight is 417 g/mol. The van der Waals surface area contributed by atoms with Crippen molar-refractivity contribution in [2.24, 2.45) is 5.10 Å². The van der Waals surface area contributed by atoms with Crippen molar-refractivity contribution in [3.8, 4) is 17.6 Å². The minimum atomic E-state index is -0.956. The number of hydrogen-bond acceptors (Lipinski definition) is 5. The fraction of sp³-hybridized carbons (Fsp3) is 0.125. The van der Waals surface area contributed by atoms with Gasteiger partial charge in [-0.05, 0) is 35.4 Å². The van der Waals surface area contributed by atoms with Crippen molar-refractivity contribution >= 4 is 12.1 Å². The number of halogens is 1. The first-order valence-corrected chi connectivity index (χ1v) is 9.44. The fourth-order valence-corrected chi connectivity index (χ4v) is 2.82. The second-order valence-electron chi connectivity index (χ2n) is 6.50. The maximum absolute atomic E-state index is 13.8. The van der Waals surface area contributed by atoms with E-state index in [4.69, 9.17) is 9.47 Å². The topological polar surface area (TPSA) is 83.7 Å². The van der Waals surface area contributed by atoms with Gasteiger partial charge in [0.1, 0.15) is 12.4 Å². The summed E-state index contributed by atoms with van der Waals surface area (Å²) in [6.07, 6.45) is 1.43. The summed E-state index contributed by atoms with van der Waals surface area (Å²) in [6, 6.07) is 22.2. The molecule has 3 aromatic rings. The Hall–Kier alpha value is -4.18. The van der Waals surface area contributed by atoms with Crippen LogP contribution in [0.4, 0.5) is 4.39 Å². The van der Waals surface area contributed by atoms with E-state index in [1.54, 1.807) is 60.7 Å². The van der Waals surface area contributed by atoms with Gasteiger partial charge in [-0.25, -0.2) is 9.82 Å². The van der Waals surface area contributed by atoms with Crippen molar-refractivity contribution in [1.29, 1.82) is 5.26 Å². The number of carbonyl (C=O) groups excluding carboxylic acids is 1. The number of hydrogen-bond donors (Lipinski definition) is 1. The summed E-state index contributed by atoms with van der Waals surface area (Å²) < 4.78 is 24.8. The zero-order chi connectivity index (χ0) is 22.1. The van der Waals surface area contributed by atoms with Crippen LogP contribution in [-0.4, -0.2) is 19.2 Å². The average Bonchev–Trinajstić information content (AvgIpc) is 2.80. The molecule has 0 fully saturated rings. The van der Waals surface area contributed by atoms with Crippen LogP contribution in [0.15, 0.2) is 77.9 Å². The first kappa shape index (κ1) is 21.5. The summed E-state index contributed by atoms with van der Waals surface area (Å²) in [4.78, 5) is 12.3. The van der Waals surface area contributed by atoms with Crippen LogP contribution in [0.3, 0.4) is 0 Å². The van der Waals surface area contributed by atoms with Crippen molar-refractivity contribution in [3.63, 3.8) is 0 Å². The van der Waals surface area contributed by atoms with Crippen molar-refractivity contribution in [2.75, 3.05) is 7.11 Å². The van der Waals surface area contributed by atoms with Gasteiger partial charge in [0.05, 0.1) is 19.4 Å². The normalized spacial score (nSPS) is 11.5. The summed E-state index contributed by atoms with van der Waals surface area (Å²) in [5.41, 5.74) is 4.05. The van der Waals surface area contributed by atoms with Crippen molar-refractivity contribution < 1.29 is 18.7 Å². The lowest BCUT2D eigenvalue weighted by Crippen LogP contribution is -2.24. The molecule has 0 heterocycles. The highest BCUT2D eigenvalue weighted by molar-refractivity contribution is 5.88. The molecule has 156 valence electrons. The van der Waals surface area contributed by atoms with E-state index in [9.17, 15) is 14.4 Å². The summed E-state index contributed by atoms with van der Waals surface area (Å²) in [7, 11) is 1.49. The van der Waals surface area contributed by atoms with E-state index in [0.29, 0.717) is 28.2 Å². The molecule has 7 heteroatoms. The lowest BCUT2D eigenvalue weighted by molar-refractivity contribution is -0.121. The largest absolute Gasteiger partial charge is 0.493 e. The number of nitriles is 1. The highest BCUT2D eigenvalue weighted by Gasteiger charge is 2.19. The second-order valence-corrected chi connectivity index (χ2v) is 6.50. The predicted molar refractivity (Wildman–Crippen MR) is 114 cm³/mol. The van der Waals surface area contributed by atoms with Gasteiger partial charge in [0.2, 0.25) is 0 Å². The van der Waals surface area contributed by atoms with Gasteiger partial charge in [-0.1, -0.05) is 48.5 Å². The van der Waals surface area contributed by atoms with Crippen LogP contribution < -0.4 is 14.9 Å². The van der Waals surface area contributed by atoms with Crippen molar-refractivity contribution in [3.05, 3.63) is 95.3 Å². The van der Waals surface area contributed by atoms with Crippen molar-refractivity contribution in [1.82, 2.24) is 5.43 Å². The Morgan fingerprint density at radius 2 is 1.87 bits per heavy atom. The van der Waals surface area contributed by atoms with Crippen LogP contribution in [0.1, 0.15) is 22.6 Å². The molecule has 0 spiro atoms. The molecular formula is C24H20FN3O3. The number of nitrogens with zero attached hydrogens (tertiary/aromatic N) is 2. The molecule has 3 rings (SSSR count). The second kappa shape index (κ2) is 10.6. The number of ether oxygens (including phenoxy) is 2. The van der Waals surface area contributed by atoms with Gasteiger partial charge in [0, 0.05) is 5.56 Å². The number of nitrogens with one attached hydrogen (secondary N) is 1. The van der Waals surface area contributed by atoms with Crippen LogP contribution in [0.2, 0.25) is 0 Å². The number of carbonyl (C=O) groups is 1. The molecule has 1 atom stereocenters. The summed E-state index contributed by atoms with van der Waals surface area (Å²) in [5, 5.41) is 13.2.